The molecule has 1 rings (SSSR count). The molecule has 1 aromatic carbocycles. The summed E-state index contributed by atoms with van der Waals surface area (Å²) < 4.78 is 45.0. The summed E-state index contributed by atoms with van der Waals surface area (Å²) in [5, 5.41) is 11.3. The Bertz CT molecular complexity index is 433. The number of hydrogen-bond donors (Lipinski definition) is 2. The number of amidine groups is 1. The van der Waals surface area contributed by atoms with Gasteiger partial charge in [0.25, 0.3) is 0 Å². The molecule has 0 unspecified atom stereocenters. The maximum Gasteiger partial charge on any atom is 0.411 e. The summed E-state index contributed by atoms with van der Waals surface area (Å²) in [6.07, 6.45) is -3.96. The molecule has 0 spiro atoms. The minimum atomic E-state index is -4.30. The Labute approximate surface area is 113 Å². The van der Waals surface area contributed by atoms with E-state index in [4.69, 9.17) is 15.7 Å². The molecular weight excluding hydrogens is 277 g/mol. The SMILES string of the molecule is NC(=NO)c1ccc(OCCCOCC(F)(F)F)cc1. The molecule has 112 valence electrons. The lowest BCUT2D eigenvalue weighted by Crippen LogP contribution is -2.18. The van der Waals surface area contributed by atoms with Gasteiger partial charge in [0.1, 0.15) is 12.4 Å². The van der Waals surface area contributed by atoms with E-state index in [0.29, 0.717) is 17.7 Å². The standard InChI is InChI=1S/C12H15F3N2O3/c13-12(14,15)8-19-6-1-7-20-10-4-2-9(3-5-10)11(16)17-18/h2-5,18H,1,6-8H2,(H2,16,17). The smallest absolute Gasteiger partial charge is 0.411 e. The van der Waals surface area contributed by atoms with Crippen LogP contribution in [0.15, 0.2) is 29.4 Å². The van der Waals surface area contributed by atoms with Crippen LogP contribution in [0, 0.1) is 0 Å². The highest BCUT2D eigenvalue weighted by molar-refractivity contribution is 5.97. The van der Waals surface area contributed by atoms with Crippen LogP contribution >= 0.6 is 0 Å². The quantitative estimate of drug-likeness (QED) is 0.265. The molecule has 1 aromatic rings. The first-order valence-corrected chi connectivity index (χ1v) is 5.77. The van der Waals surface area contributed by atoms with Gasteiger partial charge in [0, 0.05) is 12.0 Å². The zero-order valence-electron chi connectivity index (χ0n) is 10.6. The van der Waals surface area contributed by atoms with Crippen molar-refractivity contribution in [1.82, 2.24) is 0 Å². The zero-order valence-corrected chi connectivity index (χ0v) is 10.6. The molecule has 0 aliphatic carbocycles. The van der Waals surface area contributed by atoms with E-state index in [0.717, 1.165) is 0 Å². The fraction of sp³-hybridized carbons (Fsp3) is 0.417. The van der Waals surface area contributed by atoms with Crippen LogP contribution in [0.2, 0.25) is 0 Å². The Hall–Kier alpha value is -1.96. The van der Waals surface area contributed by atoms with Gasteiger partial charge in [-0.3, -0.25) is 0 Å². The van der Waals surface area contributed by atoms with Crippen molar-refractivity contribution in [2.75, 3.05) is 19.8 Å². The van der Waals surface area contributed by atoms with E-state index in [1.807, 2.05) is 0 Å². The van der Waals surface area contributed by atoms with Crippen molar-refractivity contribution in [3.8, 4) is 5.75 Å². The molecule has 8 heteroatoms. The molecule has 0 heterocycles. The second kappa shape index (κ2) is 7.59. The number of benzene rings is 1. The molecule has 0 aliphatic heterocycles. The number of hydrogen-bond acceptors (Lipinski definition) is 4. The highest BCUT2D eigenvalue weighted by atomic mass is 19.4. The van der Waals surface area contributed by atoms with E-state index >= 15 is 0 Å². The van der Waals surface area contributed by atoms with Crippen molar-refractivity contribution in [3.05, 3.63) is 29.8 Å². The Morgan fingerprint density at radius 3 is 2.40 bits per heavy atom. The number of nitrogens with zero attached hydrogens (tertiary/aromatic N) is 1. The van der Waals surface area contributed by atoms with Crippen LogP contribution in [0.4, 0.5) is 13.2 Å². The maximum atomic E-state index is 11.8. The van der Waals surface area contributed by atoms with Gasteiger partial charge in [-0.1, -0.05) is 5.16 Å². The molecule has 20 heavy (non-hydrogen) atoms. The number of nitrogens with two attached hydrogens (primary N) is 1. The summed E-state index contributed by atoms with van der Waals surface area (Å²) in [5.74, 6) is 0.521. The van der Waals surface area contributed by atoms with Crippen LogP contribution < -0.4 is 10.5 Å². The summed E-state index contributed by atoms with van der Waals surface area (Å²) in [4.78, 5) is 0. The van der Waals surface area contributed by atoms with Crippen LogP contribution in [-0.2, 0) is 4.74 Å². The molecule has 5 nitrogen and oxygen atoms in total. The van der Waals surface area contributed by atoms with Crippen molar-refractivity contribution in [2.24, 2.45) is 10.9 Å². The summed E-state index contributed by atoms with van der Waals surface area (Å²) in [7, 11) is 0. The lowest BCUT2D eigenvalue weighted by atomic mass is 10.2. The number of oxime groups is 1. The summed E-state index contributed by atoms with van der Waals surface area (Å²) >= 11 is 0. The number of halogens is 3. The van der Waals surface area contributed by atoms with E-state index < -0.39 is 12.8 Å². The Kier molecular flexibility index (Phi) is 6.10. The summed E-state index contributed by atoms with van der Waals surface area (Å²) in [6, 6.07) is 6.43. The third-order valence-corrected chi connectivity index (χ3v) is 2.23. The first-order valence-electron chi connectivity index (χ1n) is 5.77. The van der Waals surface area contributed by atoms with Gasteiger partial charge in [-0.2, -0.15) is 13.2 Å². The molecule has 0 aromatic heterocycles. The zero-order chi connectivity index (χ0) is 15.0. The van der Waals surface area contributed by atoms with E-state index in [-0.39, 0.29) is 19.0 Å². The van der Waals surface area contributed by atoms with Gasteiger partial charge < -0.3 is 20.4 Å². The van der Waals surface area contributed by atoms with Crippen LogP contribution in [0.1, 0.15) is 12.0 Å². The predicted octanol–water partition coefficient (Wildman–Crippen LogP) is 2.13. The van der Waals surface area contributed by atoms with Crippen LogP contribution in [0.5, 0.6) is 5.75 Å². The third-order valence-electron chi connectivity index (χ3n) is 2.23. The minimum Gasteiger partial charge on any atom is -0.494 e. The molecular formula is C12H15F3N2O3. The molecule has 0 saturated heterocycles. The molecule has 0 bridgehead atoms. The average Bonchev–Trinajstić information content (AvgIpc) is 2.41. The van der Waals surface area contributed by atoms with Gasteiger partial charge >= 0.3 is 6.18 Å². The van der Waals surface area contributed by atoms with E-state index in [9.17, 15) is 13.2 Å². The minimum absolute atomic E-state index is 0.0166. The normalized spacial score (nSPS) is 12.4. The lowest BCUT2D eigenvalue weighted by Gasteiger charge is -2.09. The molecule has 0 atom stereocenters. The van der Waals surface area contributed by atoms with Gasteiger partial charge in [-0.15, -0.1) is 0 Å². The third kappa shape index (κ3) is 6.28. The lowest BCUT2D eigenvalue weighted by molar-refractivity contribution is -0.174. The Morgan fingerprint density at radius 2 is 1.85 bits per heavy atom. The van der Waals surface area contributed by atoms with Crippen LogP contribution in [0.25, 0.3) is 0 Å². The Balaban J connectivity index is 2.23. The van der Waals surface area contributed by atoms with Crippen LogP contribution in [0.3, 0.4) is 0 Å². The molecule has 0 fully saturated rings. The van der Waals surface area contributed by atoms with Gasteiger partial charge in [0.15, 0.2) is 5.84 Å². The van der Waals surface area contributed by atoms with E-state index in [1.54, 1.807) is 24.3 Å². The van der Waals surface area contributed by atoms with Crippen molar-refractivity contribution in [1.29, 1.82) is 0 Å². The van der Waals surface area contributed by atoms with Crippen molar-refractivity contribution in [3.63, 3.8) is 0 Å². The number of ether oxygens (including phenoxy) is 2. The predicted molar refractivity (Wildman–Crippen MR) is 65.9 cm³/mol. The first kappa shape index (κ1) is 16.1. The Morgan fingerprint density at radius 1 is 1.20 bits per heavy atom. The molecule has 0 aliphatic rings. The van der Waals surface area contributed by atoms with Gasteiger partial charge in [-0.25, -0.2) is 0 Å². The maximum absolute atomic E-state index is 11.8. The molecule has 0 amide bonds. The average molecular weight is 292 g/mol. The highest BCUT2D eigenvalue weighted by Gasteiger charge is 2.27. The highest BCUT2D eigenvalue weighted by Crippen LogP contribution is 2.15. The summed E-state index contributed by atoms with van der Waals surface area (Å²) in [5.41, 5.74) is 5.92. The van der Waals surface area contributed by atoms with Crippen LogP contribution in [-0.4, -0.2) is 37.0 Å². The summed E-state index contributed by atoms with van der Waals surface area (Å²) in [6.45, 7) is -1.04. The molecule has 0 saturated carbocycles. The molecule has 3 N–H and O–H groups in total. The fourth-order valence-electron chi connectivity index (χ4n) is 1.32. The van der Waals surface area contributed by atoms with Gasteiger partial charge in [0.05, 0.1) is 13.2 Å². The number of alkyl halides is 3. The van der Waals surface area contributed by atoms with Crippen molar-refractivity contribution < 1.29 is 27.9 Å². The monoisotopic (exact) mass is 292 g/mol. The second-order valence-electron chi connectivity index (χ2n) is 3.88. The van der Waals surface area contributed by atoms with Gasteiger partial charge in [-0.05, 0) is 24.3 Å². The van der Waals surface area contributed by atoms with E-state index in [2.05, 4.69) is 9.89 Å². The number of rotatable bonds is 7. The van der Waals surface area contributed by atoms with Crippen molar-refractivity contribution in [2.45, 2.75) is 12.6 Å². The van der Waals surface area contributed by atoms with E-state index in [1.165, 1.54) is 0 Å². The topological polar surface area (TPSA) is 77.1 Å². The molecule has 0 radical (unpaired) electrons. The van der Waals surface area contributed by atoms with Gasteiger partial charge in [0.2, 0.25) is 0 Å². The second-order valence-corrected chi connectivity index (χ2v) is 3.88. The fourth-order valence-corrected chi connectivity index (χ4v) is 1.32. The van der Waals surface area contributed by atoms with Crippen molar-refractivity contribution >= 4 is 5.84 Å². The largest absolute Gasteiger partial charge is 0.494 e. The first-order chi connectivity index (χ1) is 9.42.